The van der Waals surface area contributed by atoms with Crippen LogP contribution >= 0.6 is 0 Å². The maximum absolute atomic E-state index is 15.1. The first-order chi connectivity index (χ1) is 19.0. The van der Waals surface area contributed by atoms with E-state index in [0.29, 0.717) is 36.5 Å². The Labute approximate surface area is 229 Å². The van der Waals surface area contributed by atoms with E-state index in [1.807, 2.05) is 19.1 Å². The summed E-state index contributed by atoms with van der Waals surface area (Å²) >= 11 is 0. The van der Waals surface area contributed by atoms with Gasteiger partial charge in [0.25, 0.3) is 0 Å². The Hall–Kier alpha value is -3.09. The summed E-state index contributed by atoms with van der Waals surface area (Å²) in [5.74, 6) is -2.41. The van der Waals surface area contributed by atoms with E-state index in [1.165, 1.54) is 18.2 Å². The van der Waals surface area contributed by atoms with Crippen molar-refractivity contribution in [3.8, 4) is 28.0 Å². The normalized spacial score (nSPS) is 17.6. The van der Waals surface area contributed by atoms with Crippen LogP contribution in [0.4, 0.5) is 13.2 Å². The number of allylic oxidation sites excluding steroid dienone is 2. The van der Waals surface area contributed by atoms with Gasteiger partial charge in [-0.2, -0.15) is 4.39 Å². The third-order valence-corrected chi connectivity index (χ3v) is 7.05. The lowest BCUT2D eigenvalue weighted by molar-refractivity contribution is -0.189. The molecule has 1 aliphatic rings. The van der Waals surface area contributed by atoms with E-state index in [2.05, 4.69) is 13.0 Å². The molecule has 4 rings (SSSR count). The average Bonchev–Trinajstić information content (AvgIpc) is 2.96. The highest BCUT2D eigenvalue weighted by Gasteiger charge is 2.24. The minimum absolute atomic E-state index is 0.0324. The van der Waals surface area contributed by atoms with Crippen molar-refractivity contribution in [3.05, 3.63) is 89.8 Å². The van der Waals surface area contributed by atoms with E-state index < -0.39 is 11.6 Å². The zero-order valence-electron chi connectivity index (χ0n) is 22.7. The summed E-state index contributed by atoms with van der Waals surface area (Å²) in [5.41, 5.74) is 2.54. The molecule has 0 aliphatic carbocycles. The summed E-state index contributed by atoms with van der Waals surface area (Å²) in [6, 6.07) is 14.9. The van der Waals surface area contributed by atoms with Gasteiger partial charge in [0.15, 0.2) is 17.9 Å². The fraction of sp³-hybridized carbons (Fsp3) is 0.394. The number of benzene rings is 3. The number of hydrogen-bond acceptors (Lipinski definition) is 3. The van der Waals surface area contributed by atoms with E-state index in [4.69, 9.17) is 14.2 Å². The van der Waals surface area contributed by atoms with Gasteiger partial charge in [0.05, 0.1) is 19.8 Å². The van der Waals surface area contributed by atoms with E-state index in [9.17, 15) is 8.78 Å². The van der Waals surface area contributed by atoms with Gasteiger partial charge < -0.3 is 14.2 Å². The lowest BCUT2D eigenvalue weighted by Gasteiger charge is -2.29. The van der Waals surface area contributed by atoms with Crippen LogP contribution in [-0.4, -0.2) is 26.1 Å². The fourth-order valence-electron chi connectivity index (χ4n) is 4.73. The maximum atomic E-state index is 15.1. The van der Waals surface area contributed by atoms with Crippen LogP contribution in [0.1, 0.15) is 63.9 Å². The molecular formula is C33H37F3O3. The van der Waals surface area contributed by atoms with Crippen LogP contribution in [0.3, 0.4) is 0 Å². The number of rotatable bonds is 12. The summed E-state index contributed by atoms with van der Waals surface area (Å²) in [6.07, 6.45) is 9.54. The van der Waals surface area contributed by atoms with Crippen molar-refractivity contribution in [1.82, 2.24) is 0 Å². The quantitative estimate of drug-likeness (QED) is 0.170. The Morgan fingerprint density at radius 3 is 2.21 bits per heavy atom. The van der Waals surface area contributed by atoms with Crippen LogP contribution in [0, 0.1) is 17.5 Å². The molecule has 3 aromatic carbocycles. The summed E-state index contributed by atoms with van der Waals surface area (Å²) in [5, 5.41) is 0. The molecule has 0 radical (unpaired) electrons. The lowest BCUT2D eigenvalue weighted by atomic mass is 9.95. The molecule has 3 aromatic rings. The van der Waals surface area contributed by atoms with Crippen LogP contribution in [0.5, 0.6) is 5.75 Å². The molecule has 0 saturated carbocycles. The zero-order valence-corrected chi connectivity index (χ0v) is 22.7. The lowest BCUT2D eigenvalue weighted by Crippen LogP contribution is -2.30. The smallest absolute Gasteiger partial charge is 0.201 e. The van der Waals surface area contributed by atoms with Gasteiger partial charge >= 0.3 is 0 Å². The van der Waals surface area contributed by atoms with Gasteiger partial charge in [0.1, 0.15) is 5.82 Å². The largest absolute Gasteiger partial charge is 0.490 e. The highest BCUT2D eigenvalue weighted by atomic mass is 19.2. The Balaban J connectivity index is 1.40. The molecule has 1 fully saturated rings. The van der Waals surface area contributed by atoms with Crippen molar-refractivity contribution < 1.29 is 27.4 Å². The third kappa shape index (κ3) is 7.52. The second-order valence-electron chi connectivity index (χ2n) is 9.90. The highest BCUT2D eigenvalue weighted by molar-refractivity contribution is 5.71. The molecule has 0 bridgehead atoms. The monoisotopic (exact) mass is 538 g/mol. The summed E-state index contributed by atoms with van der Waals surface area (Å²) in [6.45, 7) is 5.42. The highest BCUT2D eigenvalue weighted by Crippen LogP contribution is 2.33. The molecule has 0 amide bonds. The predicted molar refractivity (Wildman–Crippen MR) is 149 cm³/mol. The van der Waals surface area contributed by atoms with E-state index in [0.717, 1.165) is 44.1 Å². The van der Waals surface area contributed by atoms with Crippen LogP contribution in [0.15, 0.2) is 66.7 Å². The summed E-state index contributed by atoms with van der Waals surface area (Å²) in [7, 11) is 0. The Kier molecular flexibility index (Phi) is 10.6. The van der Waals surface area contributed by atoms with Gasteiger partial charge in [-0.1, -0.05) is 74.7 Å². The van der Waals surface area contributed by atoms with Crippen LogP contribution < -0.4 is 4.74 Å². The fourth-order valence-corrected chi connectivity index (χ4v) is 4.73. The molecule has 208 valence electrons. The standard InChI is InChI=1S/C33H37F3O3/c1-3-5-7-9-19-37-30-18-17-28(32(35)33(30)36)24-13-11-23(12-14-24)27-16-15-25(20-29(27)34)26-21-38-31(39-22-26)10-8-6-4-2/h4,6,11-18,20,26,31H,3,5,7-10,19,21-22H2,1-2H3. The van der Waals surface area contributed by atoms with Gasteiger partial charge in [-0.05, 0) is 54.7 Å². The number of ether oxygens (including phenoxy) is 3. The van der Waals surface area contributed by atoms with E-state index in [1.54, 1.807) is 30.3 Å². The molecule has 0 aromatic heterocycles. The molecule has 1 saturated heterocycles. The summed E-state index contributed by atoms with van der Waals surface area (Å²) in [4.78, 5) is 0. The van der Waals surface area contributed by atoms with Crippen molar-refractivity contribution in [3.63, 3.8) is 0 Å². The predicted octanol–water partition coefficient (Wildman–Crippen LogP) is 9.21. The number of halogens is 3. The SMILES string of the molecule is CC=CCCC1OCC(c2ccc(-c3ccc(-c4ccc(OCCCCCC)c(F)c4F)cc3)c(F)c2)CO1. The van der Waals surface area contributed by atoms with Crippen LogP contribution in [0.2, 0.25) is 0 Å². The maximum Gasteiger partial charge on any atom is 0.201 e. The second-order valence-corrected chi connectivity index (χ2v) is 9.90. The summed E-state index contributed by atoms with van der Waals surface area (Å²) < 4.78 is 61.7. The molecule has 1 heterocycles. The third-order valence-electron chi connectivity index (χ3n) is 7.05. The van der Waals surface area contributed by atoms with Crippen molar-refractivity contribution in [2.45, 2.75) is 64.6 Å². The van der Waals surface area contributed by atoms with Gasteiger partial charge in [0, 0.05) is 23.5 Å². The first-order valence-electron chi connectivity index (χ1n) is 13.9. The zero-order chi connectivity index (χ0) is 27.6. The Morgan fingerprint density at radius 2 is 1.54 bits per heavy atom. The second kappa shape index (κ2) is 14.3. The molecule has 0 spiro atoms. The first-order valence-corrected chi connectivity index (χ1v) is 13.9. The molecular weight excluding hydrogens is 501 g/mol. The van der Waals surface area contributed by atoms with Gasteiger partial charge in [-0.3, -0.25) is 0 Å². The topological polar surface area (TPSA) is 27.7 Å². The van der Waals surface area contributed by atoms with Crippen molar-refractivity contribution in [2.75, 3.05) is 19.8 Å². The minimum atomic E-state index is -0.992. The molecule has 39 heavy (non-hydrogen) atoms. The Morgan fingerprint density at radius 1 is 0.846 bits per heavy atom. The Bertz CT molecular complexity index is 1230. The molecule has 0 unspecified atom stereocenters. The minimum Gasteiger partial charge on any atom is -0.490 e. The molecule has 6 heteroatoms. The van der Waals surface area contributed by atoms with Crippen LogP contribution in [-0.2, 0) is 9.47 Å². The molecule has 0 N–H and O–H groups in total. The average molecular weight is 539 g/mol. The number of hydrogen-bond donors (Lipinski definition) is 0. The van der Waals surface area contributed by atoms with Crippen molar-refractivity contribution in [1.29, 1.82) is 0 Å². The molecule has 3 nitrogen and oxygen atoms in total. The molecule has 0 atom stereocenters. The van der Waals surface area contributed by atoms with Gasteiger partial charge in [-0.15, -0.1) is 0 Å². The van der Waals surface area contributed by atoms with E-state index in [-0.39, 0.29) is 29.3 Å². The van der Waals surface area contributed by atoms with Crippen LogP contribution in [0.25, 0.3) is 22.3 Å². The van der Waals surface area contributed by atoms with Gasteiger partial charge in [-0.25, -0.2) is 8.78 Å². The first kappa shape index (κ1) is 28.9. The van der Waals surface area contributed by atoms with E-state index >= 15 is 4.39 Å². The van der Waals surface area contributed by atoms with Crippen molar-refractivity contribution in [2.24, 2.45) is 0 Å². The molecule has 1 aliphatic heterocycles. The van der Waals surface area contributed by atoms with Crippen molar-refractivity contribution >= 4 is 0 Å². The van der Waals surface area contributed by atoms with Gasteiger partial charge in [0.2, 0.25) is 5.82 Å². The number of unbranched alkanes of at least 4 members (excludes halogenated alkanes) is 3.